The van der Waals surface area contributed by atoms with Crippen molar-refractivity contribution in [1.29, 1.82) is 0 Å². The summed E-state index contributed by atoms with van der Waals surface area (Å²) < 4.78 is 5.24. The van der Waals surface area contributed by atoms with Crippen molar-refractivity contribution < 1.29 is 19.1 Å². The van der Waals surface area contributed by atoms with Gasteiger partial charge in [-0.05, 0) is 38.2 Å². The Labute approximate surface area is 153 Å². The second-order valence-corrected chi connectivity index (χ2v) is 6.33. The smallest absolute Gasteiger partial charge is 0.241 e. The zero-order valence-corrected chi connectivity index (χ0v) is 15.4. The Morgan fingerprint density at radius 3 is 2.19 bits per heavy atom. The summed E-state index contributed by atoms with van der Waals surface area (Å²) in [6.45, 7) is 5.66. The largest absolute Gasteiger partial charge is 0.378 e. The van der Waals surface area contributed by atoms with Gasteiger partial charge in [-0.1, -0.05) is 0 Å². The van der Waals surface area contributed by atoms with Crippen LogP contribution in [-0.2, 0) is 19.1 Å². The number of anilines is 2. The Bertz CT molecular complexity index is 641. The summed E-state index contributed by atoms with van der Waals surface area (Å²) in [4.78, 5) is 39.2. The maximum absolute atomic E-state index is 12.4. The molecule has 142 valence electrons. The molecular formula is C18H26N4O4. The van der Waals surface area contributed by atoms with Gasteiger partial charge in [-0.25, -0.2) is 0 Å². The summed E-state index contributed by atoms with van der Waals surface area (Å²) in [6.07, 6.45) is 0. The summed E-state index contributed by atoms with van der Waals surface area (Å²) in [6, 6.07) is 6.40. The van der Waals surface area contributed by atoms with Gasteiger partial charge in [-0.3, -0.25) is 19.3 Å². The number of nitrogens with one attached hydrogen (secondary N) is 2. The van der Waals surface area contributed by atoms with Gasteiger partial charge in [0.1, 0.15) is 0 Å². The van der Waals surface area contributed by atoms with E-state index in [0.29, 0.717) is 37.7 Å². The number of likely N-dealkylation sites (N-methyl/N-ethyl adjacent to an activating group) is 1. The van der Waals surface area contributed by atoms with Crippen molar-refractivity contribution in [3.05, 3.63) is 24.3 Å². The highest BCUT2D eigenvalue weighted by Crippen LogP contribution is 2.14. The first-order valence-corrected chi connectivity index (χ1v) is 8.61. The molecule has 1 aromatic carbocycles. The number of nitrogens with zero attached hydrogens (tertiary/aromatic N) is 2. The number of carbonyl (C=O) groups is 3. The molecule has 0 spiro atoms. The minimum Gasteiger partial charge on any atom is -0.378 e. The number of rotatable bonds is 6. The number of amides is 3. The van der Waals surface area contributed by atoms with E-state index in [1.807, 2.05) is 0 Å². The van der Waals surface area contributed by atoms with E-state index in [0.717, 1.165) is 0 Å². The van der Waals surface area contributed by atoms with Gasteiger partial charge in [0.25, 0.3) is 0 Å². The molecule has 2 N–H and O–H groups in total. The fraction of sp³-hybridized carbons (Fsp3) is 0.500. The van der Waals surface area contributed by atoms with Crippen LogP contribution in [0.25, 0.3) is 0 Å². The van der Waals surface area contributed by atoms with Crippen LogP contribution in [-0.4, -0.2) is 73.5 Å². The number of hydrogen-bond donors (Lipinski definition) is 2. The molecular weight excluding hydrogens is 336 g/mol. The molecule has 26 heavy (non-hydrogen) atoms. The second kappa shape index (κ2) is 9.30. The van der Waals surface area contributed by atoms with Crippen LogP contribution in [0, 0.1) is 0 Å². The van der Waals surface area contributed by atoms with Gasteiger partial charge < -0.3 is 20.3 Å². The Kier molecular flexibility index (Phi) is 7.11. The van der Waals surface area contributed by atoms with Crippen LogP contribution in [0.3, 0.4) is 0 Å². The molecule has 1 aliphatic heterocycles. The number of hydrogen-bond acceptors (Lipinski definition) is 5. The second-order valence-electron chi connectivity index (χ2n) is 6.33. The first-order chi connectivity index (χ1) is 12.4. The number of benzene rings is 1. The zero-order valence-electron chi connectivity index (χ0n) is 15.4. The van der Waals surface area contributed by atoms with Crippen molar-refractivity contribution in [3.63, 3.8) is 0 Å². The Morgan fingerprint density at radius 1 is 1.12 bits per heavy atom. The molecule has 8 heteroatoms. The molecule has 0 bridgehead atoms. The SMILES string of the molecule is CC(=O)Nc1ccc(NC(=O)[C@H](C)N(C)CC(=O)N2CCOCC2)cc1. The topological polar surface area (TPSA) is 91.0 Å². The minimum atomic E-state index is -0.463. The maximum Gasteiger partial charge on any atom is 0.241 e. The monoisotopic (exact) mass is 362 g/mol. The molecule has 0 aromatic heterocycles. The molecule has 0 aliphatic carbocycles. The molecule has 1 saturated heterocycles. The lowest BCUT2D eigenvalue weighted by molar-refractivity contribution is -0.137. The predicted octanol–water partition coefficient (Wildman–Crippen LogP) is 0.763. The lowest BCUT2D eigenvalue weighted by Crippen LogP contribution is -2.48. The van der Waals surface area contributed by atoms with Gasteiger partial charge in [0.15, 0.2) is 0 Å². The summed E-state index contributed by atoms with van der Waals surface area (Å²) in [5, 5.41) is 5.49. The van der Waals surface area contributed by atoms with E-state index in [4.69, 9.17) is 4.74 Å². The molecule has 2 rings (SSSR count). The van der Waals surface area contributed by atoms with E-state index < -0.39 is 6.04 Å². The van der Waals surface area contributed by atoms with E-state index >= 15 is 0 Å². The molecule has 0 saturated carbocycles. The van der Waals surface area contributed by atoms with Gasteiger partial charge in [-0.15, -0.1) is 0 Å². The normalized spacial score (nSPS) is 15.5. The van der Waals surface area contributed by atoms with Crippen molar-refractivity contribution in [3.8, 4) is 0 Å². The average Bonchev–Trinajstić information content (AvgIpc) is 2.62. The highest BCUT2D eigenvalue weighted by atomic mass is 16.5. The standard InChI is InChI=1S/C18H26N4O4/c1-13(21(3)12-17(24)22-8-10-26-11-9-22)18(25)20-16-6-4-15(5-7-16)19-14(2)23/h4-7,13H,8-12H2,1-3H3,(H,19,23)(H,20,25)/t13-/m0/s1. The third-order valence-corrected chi connectivity index (χ3v) is 4.26. The Hall–Kier alpha value is -2.45. The Morgan fingerprint density at radius 2 is 1.65 bits per heavy atom. The van der Waals surface area contributed by atoms with Crippen LogP contribution in [0.4, 0.5) is 11.4 Å². The maximum atomic E-state index is 12.4. The molecule has 0 unspecified atom stereocenters. The first-order valence-electron chi connectivity index (χ1n) is 8.61. The Balaban J connectivity index is 1.85. The van der Waals surface area contributed by atoms with Gasteiger partial charge in [0.05, 0.1) is 25.8 Å². The summed E-state index contributed by atoms with van der Waals surface area (Å²) in [7, 11) is 1.75. The molecule has 0 radical (unpaired) electrons. The van der Waals surface area contributed by atoms with Gasteiger partial charge in [0.2, 0.25) is 17.7 Å². The third kappa shape index (κ3) is 5.82. The minimum absolute atomic E-state index is 0.00453. The lowest BCUT2D eigenvalue weighted by Gasteiger charge is -2.30. The van der Waals surface area contributed by atoms with Crippen LogP contribution in [0.5, 0.6) is 0 Å². The summed E-state index contributed by atoms with van der Waals surface area (Å²) in [5.74, 6) is -0.355. The van der Waals surface area contributed by atoms with Gasteiger partial charge in [-0.2, -0.15) is 0 Å². The van der Waals surface area contributed by atoms with Crippen LogP contribution in [0.1, 0.15) is 13.8 Å². The van der Waals surface area contributed by atoms with Crippen molar-refractivity contribution in [1.82, 2.24) is 9.80 Å². The highest BCUT2D eigenvalue weighted by Gasteiger charge is 2.23. The quantitative estimate of drug-likeness (QED) is 0.780. The predicted molar refractivity (Wildman–Crippen MR) is 98.9 cm³/mol. The van der Waals surface area contributed by atoms with Crippen molar-refractivity contribution >= 4 is 29.1 Å². The van der Waals surface area contributed by atoms with Gasteiger partial charge >= 0.3 is 0 Å². The van der Waals surface area contributed by atoms with Gasteiger partial charge in [0, 0.05) is 31.4 Å². The van der Waals surface area contributed by atoms with E-state index in [9.17, 15) is 14.4 Å². The fourth-order valence-corrected chi connectivity index (χ4v) is 2.55. The molecule has 8 nitrogen and oxygen atoms in total. The van der Waals surface area contributed by atoms with Crippen molar-refractivity contribution in [2.75, 3.05) is 50.5 Å². The van der Waals surface area contributed by atoms with Crippen LogP contribution in [0.2, 0.25) is 0 Å². The highest BCUT2D eigenvalue weighted by molar-refractivity contribution is 5.95. The number of carbonyl (C=O) groups excluding carboxylic acids is 3. The van der Waals surface area contributed by atoms with Crippen LogP contribution in [0.15, 0.2) is 24.3 Å². The third-order valence-electron chi connectivity index (χ3n) is 4.26. The molecule has 1 aliphatic rings. The van der Waals surface area contributed by atoms with E-state index in [2.05, 4.69) is 10.6 Å². The van der Waals surface area contributed by atoms with E-state index in [-0.39, 0.29) is 24.3 Å². The summed E-state index contributed by atoms with van der Waals surface area (Å²) >= 11 is 0. The van der Waals surface area contributed by atoms with Crippen molar-refractivity contribution in [2.45, 2.75) is 19.9 Å². The van der Waals surface area contributed by atoms with E-state index in [1.165, 1.54) is 6.92 Å². The lowest BCUT2D eigenvalue weighted by atomic mass is 10.2. The molecule has 1 fully saturated rings. The van der Waals surface area contributed by atoms with Crippen LogP contribution < -0.4 is 10.6 Å². The van der Waals surface area contributed by atoms with Crippen molar-refractivity contribution in [2.24, 2.45) is 0 Å². The van der Waals surface area contributed by atoms with Crippen LogP contribution >= 0.6 is 0 Å². The van der Waals surface area contributed by atoms with E-state index in [1.54, 1.807) is 48.0 Å². The fourth-order valence-electron chi connectivity index (χ4n) is 2.55. The molecule has 1 heterocycles. The molecule has 1 aromatic rings. The number of morpholine rings is 1. The molecule has 1 atom stereocenters. The average molecular weight is 362 g/mol. The number of ether oxygens (including phenoxy) is 1. The summed E-state index contributed by atoms with van der Waals surface area (Å²) in [5.41, 5.74) is 1.29. The molecule has 3 amide bonds. The first kappa shape index (κ1) is 19.9. The zero-order chi connectivity index (χ0) is 19.1.